The number of methoxy groups -OCH3 is 2. The van der Waals surface area contributed by atoms with Crippen molar-refractivity contribution in [3.8, 4) is 11.5 Å². The zero-order valence-corrected chi connectivity index (χ0v) is 19.6. The molecule has 1 aromatic heterocycles. The summed E-state index contributed by atoms with van der Waals surface area (Å²) >= 11 is 6.81. The Bertz CT molecular complexity index is 1020. The number of ether oxygens (including phenoxy) is 2. The Morgan fingerprint density at radius 1 is 0.767 bits per heavy atom. The molecule has 154 valence electrons. The number of aromatic nitrogens is 1. The molecule has 0 aliphatic heterocycles. The third kappa shape index (κ3) is 4.63. The maximum absolute atomic E-state index is 13.0. The van der Waals surface area contributed by atoms with Crippen LogP contribution in [-0.4, -0.2) is 30.8 Å². The second-order valence-corrected chi connectivity index (χ2v) is 7.51. The quantitative estimate of drug-likeness (QED) is 0.289. The van der Waals surface area contributed by atoms with Crippen molar-refractivity contribution in [1.82, 2.24) is 4.98 Å². The first-order chi connectivity index (χ1) is 14.5. The first-order valence-corrected chi connectivity index (χ1v) is 11.3. The van der Waals surface area contributed by atoms with Crippen molar-refractivity contribution < 1.29 is 19.1 Å². The minimum Gasteiger partial charge on any atom is -0.496 e. The minimum absolute atomic E-state index is 0.209. The molecule has 0 saturated heterocycles. The average molecular weight is 533 g/mol. The SMILES string of the molecule is COc1ccc(C(=O)c2cccc(C(=O)c3ccc(OC)c(CBr)c3)n2)cc1CBr. The number of pyridine rings is 1. The lowest BCUT2D eigenvalue weighted by Crippen LogP contribution is -2.10. The average Bonchev–Trinajstić information content (AvgIpc) is 2.82. The van der Waals surface area contributed by atoms with Crippen molar-refractivity contribution in [2.75, 3.05) is 14.2 Å². The lowest BCUT2D eigenvalue weighted by atomic mass is 10.0. The van der Waals surface area contributed by atoms with E-state index < -0.39 is 0 Å². The van der Waals surface area contributed by atoms with E-state index in [4.69, 9.17) is 9.47 Å². The fourth-order valence-electron chi connectivity index (χ4n) is 3.03. The van der Waals surface area contributed by atoms with E-state index in [0.29, 0.717) is 33.3 Å². The smallest absolute Gasteiger partial charge is 0.211 e. The Balaban J connectivity index is 1.92. The highest BCUT2D eigenvalue weighted by molar-refractivity contribution is 9.08. The van der Waals surface area contributed by atoms with Crippen LogP contribution in [0.1, 0.15) is 43.2 Å². The lowest BCUT2D eigenvalue weighted by Gasteiger charge is -2.10. The number of nitrogens with zero attached hydrogens (tertiary/aromatic N) is 1. The lowest BCUT2D eigenvalue weighted by molar-refractivity contribution is 0.103. The molecule has 0 bridgehead atoms. The Morgan fingerprint density at radius 3 is 1.57 bits per heavy atom. The number of benzene rings is 2. The van der Waals surface area contributed by atoms with E-state index in [1.54, 1.807) is 68.8 Å². The van der Waals surface area contributed by atoms with Crippen LogP contribution in [0, 0.1) is 0 Å². The summed E-state index contributed by atoms with van der Waals surface area (Å²) in [5.74, 6) is 0.876. The maximum Gasteiger partial charge on any atom is 0.211 e. The van der Waals surface area contributed by atoms with Crippen molar-refractivity contribution in [1.29, 1.82) is 0 Å². The van der Waals surface area contributed by atoms with Crippen LogP contribution in [0.5, 0.6) is 11.5 Å². The summed E-state index contributed by atoms with van der Waals surface area (Å²) in [6.45, 7) is 0. The van der Waals surface area contributed by atoms with Gasteiger partial charge in [0.1, 0.15) is 22.9 Å². The Kier molecular flexibility index (Phi) is 7.39. The monoisotopic (exact) mass is 531 g/mol. The fourth-order valence-corrected chi connectivity index (χ4v) is 3.91. The summed E-state index contributed by atoms with van der Waals surface area (Å²) in [6, 6.07) is 15.3. The summed E-state index contributed by atoms with van der Waals surface area (Å²) in [6.07, 6.45) is 0. The van der Waals surface area contributed by atoms with Gasteiger partial charge in [0.15, 0.2) is 0 Å². The molecule has 0 amide bonds. The zero-order valence-electron chi connectivity index (χ0n) is 16.4. The molecule has 0 aliphatic rings. The van der Waals surface area contributed by atoms with Crippen molar-refractivity contribution in [3.63, 3.8) is 0 Å². The number of rotatable bonds is 8. The molecule has 5 nitrogen and oxygen atoms in total. The summed E-state index contributed by atoms with van der Waals surface area (Å²) in [5, 5.41) is 1.10. The van der Waals surface area contributed by atoms with E-state index in [9.17, 15) is 9.59 Å². The van der Waals surface area contributed by atoms with E-state index in [2.05, 4.69) is 36.8 Å². The van der Waals surface area contributed by atoms with E-state index in [1.807, 2.05) is 0 Å². The van der Waals surface area contributed by atoms with E-state index in [-0.39, 0.29) is 23.0 Å². The predicted octanol–water partition coefficient (Wildman–Crippen LogP) is 5.35. The molecule has 30 heavy (non-hydrogen) atoms. The molecule has 1 heterocycles. The van der Waals surface area contributed by atoms with Gasteiger partial charge in [-0.1, -0.05) is 37.9 Å². The van der Waals surface area contributed by atoms with Crippen LogP contribution in [0.2, 0.25) is 0 Å². The topological polar surface area (TPSA) is 65.5 Å². The molecule has 3 aromatic rings. The van der Waals surface area contributed by atoms with Crippen molar-refractivity contribution in [3.05, 3.63) is 88.2 Å². The molecule has 0 N–H and O–H groups in total. The first-order valence-electron chi connectivity index (χ1n) is 9.04. The Hall–Kier alpha value is -2.51. The number of hydrogen-bond acceptors (Lipinski definition) is 5. The molecule has 0 atom stereocenters. The molecule has 7 heteroatoms. The molecule has 0 saturated carbocycles. The third-order valence-electron chi connectivity index (χ3n) is 4.59. The van der Waals surface area contributed by atoms with E-state index in [1.165, 1.54) is 0 Å². The Labute approximate surface area is 191 Å². The van der Waals surface area contributed by atoms with Crippen LogP contribution < -0.4 is 9.47 Å². The molecular weight excluding hydrogens is 514 g/mol. The second kappa shape index (κ2) is 10.00. The normalized spacial score (nSPS) is 10.5. The highest BCUT2D eigenvalue weighted by Gasteiger charge is 2.17. The summed E-state index contributed by atoms with van der Waals surface area (Å²) in [5.41, 5.74) is 3.09. The molecule has 0 spiro atoms. The molecule has 2 aromatic carbocycles. The molecular formula is C23H19Br2NO4. The van der Waals surface area contributed by atoms with Crippen LogP contribution in [0.4, 0.5) is 0 Å². The molecule has 3 rings (SSSR count). The first kappa shape index (κ1) is 22.2. The van der Waals surface area contributed by atoms with Gasteiger partial charge in [0.05, 0.1) is 14.2 Å². The minimum atomic E-state index is -0.259. The summed E-state index contributed by atoms with van der Waals surface area (Å²) < 4.78 is 10.6. The standard InChI is InChI=1S/C23H19Br2NO4/c1-29-20-8-6-14(10-16(20)12-24)22(27)18-4-3-5-19(26-18)23(28)15-7-9-21(30-2)17(11-15)13-25/h3-11H,12-13H2,1-2H3. The molecule has 0 aliphatic carbocycles. The van der Waals surface area contributed by atoms with E-state index in [0.717, 1.165) is 11.1 Å². The van der Waals surface area contributed by atoms with Gasteiger partial charge in [-0.15, -0.1) is 0 Å². The number of hydrogen-bond donors (Lipinski definition) is 0. The summed E-state index contributed by atoms with van der Waals surface area (Å²) in [4.78, 5) is 30.2. The van der Waals surface area contributed by atoms with Gasteiger partial charge in [-0.25, -0.2) is 4.98 Å². The number of alkyl halides is 2. The number of halogens is 2. The van der Waals surface area contributed by atoms with Crippen molar-refractivity contribution in [2.24, 2.45) is 0 Å². The van der Waals surface area contributed by atoms with Gasteiger partial charge in [0.25, 0.3) is 0 Å². The number of ketones is 2. The van der Waals surface area contributed by atoms with Crippen LogP contribution in [-0.2, 0) is 10.7 Å². The van der Waals surface area contributed by atoms with Crippen LogP contribution in [0.3, 0.4) is 0 Å². The van der Waals surface area contributed by atoms with Gasteiger partial charge >= 0.3 is 0 Å². The number of carbonyl (C=O) groups excluding carboxylic acids is 2. The zero-order chi connectivity index (χ0) is 21.7. The van der Waals surface area contributed by atoms with Gasteiger partial charge in [0, 0.05) is 32.9 Å². The second-order valence-electron chi connectivity index (χ2n) is 6.39. The van der Waals surface area contributed by atoms with Crippen LogP contribution in [0.25, 0.3) is 0 Å². The van der Waals surface area contributed by atoms with Gasteiger partial charge in [-0.05, 0) is 48.5 Å². The molecule has 0 fully saturated rings. The van der Waals surface area contributed by atoms with E-state index >= 15 is 0 Å². The Morgan fingerprint density at radius 2 is 1.20 bits per heavy atom. The highest BCUT2D eigenvalue weighted by Crippen LogP contribution is 2.25. The third-order valence-corrected chi connectivity index (χ3v) is 5.80. The summed E-state index contributed by atoms with van der Waals surface area (Å²) in [7, 11) is 3.17. The van der Waals surface area contributed by atoms with Crippen molar-refractivity contribution >= 4 is 43.4 Å². The van der Waals surface area contributed by atoms with Gasteiger partial charge in [-0.2, -0.15) is 0 Å². The van der Waals surface area contributed by atoms with Crippen molar-refractivity contribution in [2.45, 2.75) is 10.7 Å². The largest absolute Gasteiger partial charge is 0.496 e. The van der Waals surface area contributed by atoms with Gasteiger partial charge in [-0.3, -0.25) is 9.59 Å². The van der Waals surface area contributed by atoms with Crippen LogP contribution >= 0.6 is 31.9 Å². The number of carbonyl (C=O) groups is 2. The fraction of sp³-hybridized carbons (Fsp3) is 0.174. The van der Waals surface area contributed by atoms with Gasteiger partial charge < -0.3 is 9.47 Å². The molecule has 0 unspecified atom stereocenters. The molecule has 0 radical (unpaired) electrons. The van der Waals surface area contributed by atoms with Crippen LogP contribution in [0.15, 0.2) is 54.6 Å². The van der Waals surface area contributed by atoms with Gasteiger partial charge in [0.2, 0.25) is 11.6 Å². The highest BCUT2D eigenvalue weighted by atomic mass is 79.9. The predicted molar refractivity (Wildman–Crippen MR) is 122 cm³/mol. The maximum atomic E-state index is 13.0.